The van der Waals surface area contributed by atoms with Gasteiger partial charge >= 0.3 is 0 Å². The minimum Gasteiger partial charge on any atom is -0.119 e. The zero-order chi connectivity index (χ0) is 11.5. The first-order valence-electron chi connectivity index (χ1n) is 5.72. The van der Waals surface area contributed by atoms with Gasteiger partial charge < -0.3 is 0 Å². The minimum absolute atomic E-state index is 1.28. The van der Waals surface area contributed by atoms with E-state index in [9.17, 15) is 0 Å². The Morgan fingerprint density at radius 2 is 1.56 bits per heavy atom. The molecule has 0 nitrogen and oxygen atoms in total. The highest BCUT2D eigenvalue weighted by Crippen LogP contribution is 2.37. The van der Waals surface area contributed by atoms with Crippen molar-refractivity contribution in [3.63, 3.8) is 0 Å². The lowest BCUT2D eigenvalue weighted by atomic mass is 10.0. The molecule has 0 unspecified atom stereocenters. The lowest BCUT2D eigenvalue weighted by Crippen LogP contribution is -1.93. The molecule has 0 spiro atoms. The van der Waals surface area contributed by atoms with Crippen LogP contribution in [0, 0.1) is 20.8 Å². The molecule has 1 heterocycles. The molecule has 1 fully saturated rings. The SMILES string of the molecule is Cc1cc(C)c(C=C2SCCCS2)c(C)c1. The normalized spacial score (nSPS) is 16.3. The van der Waals surface area contributed by atoms with Crippen molar-refractivity contribution in [3.05, 3.63) is 38.6 Å². The Hall–Kier alpha value is -0.340. The van der Waals surface area contributed by atoms with Crippen molar-refractivity contribution in [1.82, 2.24) is 0 Å². The number of rotatable bonds is 1. The summed E-state index contributed by atoms with van der Waals surface area (Å²) in [4.78, 5) is 0. The number of benzene rings is 1. The monoisotopic (exact) mass is 250 g/mol. The number of hydrogen-bond acceptors (Lipinski definition) is 2. The highest BCUT2D eigenvalue weighted by Gasteiger charge is 2.08. The maximum Gasteiger partial charge on any atom is 0.0407 e. The van der Waals surface area contributed by atoms with Gasteiger partial charge in [-0.1, -0.05) is 17.7 Å². The summed E-state index contributed by atoms with van der Waals surface area (Å²) in [6, 6.07) is 4.55. The summed E-state index contributed by atoms with van der Waals surface area (Å²) in [5.41, 5.74) is 5.58. The Morgan fingerprint density at radius 1 is 1.00 bits per heavy atom. The molecule has 0 N–H and O–H groups in total. The summed E-state index contributed by atoms with van der Waals surface area (Å²) in [6.45, 7) is 6.59. The summed E-state index contributed by atoms with van der Waals surface area (Å²) >= 11 is 4.01. The third kappa shape index (κ3) is 2.86. The van der Waals surface area contributed by atoms with Crippen LogP contribution in [0.25, 0.3) is 6.08 Å². The van der Waals surface area contributed by atoms with Crippen LogP contribution in [0.4, 0.5) is 0 Å². The van der Waals surface area contributed by atoms with E-state index in [4.69, 9.17) is 0 Å². The molecule has 0 radical (unpaired) electrons. The fourth-order valence-electron chi connectivity index (χ4n) is 2.07. The van der Waals surface area contributed by atoms with Crippen molar-refractivity contribution in [2.45, 2.75) is 27.2 Å². The highest BCUT2D eigenvalue weighted by molar-refractivity contribution is 8.23. The fraction of sp³-hybridized carbons (Fsp3) is 0.429. The maximum absolute atomic E-state index is 2.37. The quantitative estimate of drug-likeness (QED) is 0.703. The van der Waals surface area contributed by atoms with Crippen molar-refractivity contribution in [2.75, 3.05) is 11.5 Å². The number of thioether (sulfide) groups is 2. The van der Waals surface area contributed by atoms with Gasteiger partial charge in [0, 0.05) is 4.24 Å². The molecule has 0 saturated carbocycles. The maximum atomic E-state index is 2.37. The number of hydrogen-bond donors (Lipinski definition) is 0. The van der Waals surface area contributed by atoms with E-state index in [-0.39, 0.29) is 0 Å². The van der Waals surface area contributed by atoms with E-state index in [1.807, 2.05) is 23.5 Å². The van der Waals surface area contributed by atoms with Gasteiger partial charge in [-0.05, 0) is 61.5 Å². The predicted molar refractivity (Wildman–Crippen MR) is 78.2 cm³/mol. The van der Waals surface area contributed by atoms with Crippen molar-refractivity contribution < 1.29 is 0 Å². The van der Waals surface area contributed by atoms with E-state index in [1.165, 1.54) is 44.4 Å². The van der Waals surface area contributed by atoms with Crippen LogP contribution < -0.4 is 0 Å². The molecule has 86 valence electrons. The molecule has 0 aliphatic carbocycles. The van der Waals surface area contributed by atoms with Gasteiger partial charge in [0.05, 0.1) is 0 Å². The van der Waals surface area contributed by atoms with E-state index in [1.54, 1.807) is 0 Å². The van der Waals surface area contributed by atoms with Gasteiger partial charge in [-0.2, -0.15) is 0 Å². The summed E-state index contributed by atoms with van der Waals surface area (Å²) < 4.78 is 1.49. The van der Waals surface area contributed by atoms with Crippen molar-refractivity contribution in [2.24, 2.45) is 0 Å². The van der Waals surface area contributed by atoms with Crippen LogP contribution in [0.3, 0.4) is 0 Å². The summed E-state index contributed by atoms with van der Waals surface area (Å²) in [5.74, 6) is 2.56. The largest absolute Gasteiger partial charge is 0.119 e. The Bertz CT molecular complexity index is 388. The molecule has 2 rings (SSSR count). The summed E-state index contributed by atoms with van der Waals surface area (Å²) in [6.07, 6.45) is 3.72. The lowest BCUT2D eigenvalue weighted by molar-refractivity contribution is 1.12. The Balaban J connectivity index is 2.33. The third-order valence-corrected chi connectivity index (χ3v) is 5.27. The zero-order valence-electron chi connectivity index (χ0n) is 10.2. The first-order valence-corrected chi connectivity index (χ1v) is 7.69. The van der Waals surface area contributed by atoms with Crippen LogP contribution in [0.5, 0.6) is 0 Å². The van der Waals surface area contributed by atoms with E-state index in [2.05, 4.69) is 39.0 Å². The first-order chi connectivity index (χ1) is 7.66. The average molecular weight is 250 g/mol. The van der Waals surface area contributed by atoms with Crippen LogP contribution >= 0.6 is 23.5 Å². The van der Waals surface area contributed by atoms with Gasteiger partial charge in [0.15, 0.2) is 0 Å². The number of aryl methyl sites for hydroxylation is 3. The van der Waals surface area contributed by atoms with E-state index >= 15 is 0 Å². The van der Waals surface area contributed by atoms with Gasteiger partial charge in [0.1, 0.15) is 0 Å². The topological polar surface area (TPSA) is 0 Å². The molecule has 1 aromatic carbocycles. The second kappa shape index (κ2) is 5.33. The fourth-order valence-corrected chi connectivity index (χ4v) is 4.46. The molecule has 16 heavy (non-hydrogen) atoms. The Kier molecular flexibility index (Phi) is 4.04. The van der Waals surface area contributed by atoms with E-state index < -0.39 is 0 Å². The van der Waals surface area contributed by atoms with E-state index in [0.717, 1.165) is 0 Å². The van der Waals surface area contributed by atoms with Gasteiger partial charge in [0.2, 0.25) is 0 Å². The Morgan fingerprint density at radius 3 is 2.12 bits per heavy atom. The molecule has 1 aliphatic rings. The van der Waals surface area contributed by atoms with Gasteiger partial charge in [-0.25, -0.2) is 0 Å². The van der Waals surface area contributed by atoms with Gasteiger partial charge in [-0.3, -0.25) is 0 Å². The molecule has 0 atom stereocenters. The molecule has 2 heteroatoms. The summed E-state index contributed by atoms with van der Waals surface area (Å²) in [5, 5.41) is 0. The van der Waals surface area contributed by atoms with Gasteiger partial charge in [0.25, 0.3) is 0 Å². The average Bonchev–Trinajstić information content (AvgIpc) is 2.25. The molecule has 0 bridgehead atoms. The predicted octanol–water partition coefficient (Wildman–Crippen LogP) is 4.78. The standard InChI is InChI=1S/C14H18S2/c1-10-7-11(2)13(12(3)8-10)9-14-15-5-4-6-16-14/h7-9H,4-6H2,1-3H3. The lowest BCUT2D eigenvalue weighted by Gasteiger charge is -2.14. The molecule has 1 aliphatic heterocycles. The molecule has 0 amide bonds. The first kappa shape index (κ1) is 12.1. The van der Waals surface area contributed by atoms with Crippen LogP contribution in [0.15, 0.2) is 16.4 Å². The highest BCUT2D eigenvalue weighted by atomic mass is 32.2. The summed E-state index contributed by atoms with van der Waals surface area (Å²) in [7, 11) is 0. The zero-order valence-corrected chi connectivity index (χ0v) is 11.8. The smallest absolute Gasteiger partial charge is 0.0407 e. The second-order valence-electron chi connectivity index (χ2n) is 4.33. The molecular formula is C14H18S2. The van der Waals surface area contributed by atoms with Crippen LogP contribution in [0.1, 0.15) is 28.7 Å². The van der Waals surface area contributed by atoms with Crippen molar-refractivity contribution in [1.29, 1.82) is 0 Å². The molecule has 1 aromatic rings. The van der Waals surface area contributed by atoms with Crippen LogP contribution in [-0.4, -0.2) is 11.5 Å². The van der Waals surface area contributed by atoms with Crippen LogP contribution in [0.2, 0.25) is 0 Å². The Labute approximate surface area is 107 Å². The molecule has 0 aromatic heterocycles. The molecule has 1 saturated heterocycles. The van der Waals surface area contributed by atoms with Gasteiger partial charge in [-0.15, -0.1) is 23.5 Å². The van der Waals surface area contributed by atoms with E-state index in [0.29, 0.717) is 0 Å². The molecular weight excluding hydrogens is 232 g/mol. The van der Waals surface area contributed by atoms with Crippen molar-refractivity contribution in [3.8, 4) is 0 Å². The minimum atomic E-state index is 1.28. The van der Waals surface area contributed by atoms with Crippen LogP contribution in [-0.2, 0) is 0 Å². The van der Waals surface area contributed by atoms with Crippen molar-refractivity contribution >= 4 is 29.6 Å². The second-order valence-corrected chi connectivity index (χ2v) is 6.86. The third-order valence-electron chi connectivity index (χ3n) is 2.78.